The largest absolute Gasteiger partial charge is 0.313 e. The van der Waals surface area contributed by atoms with Crippen LogP contribution in [0.5, 0.6) is 0 Å². The lowest BCUT2D eigenvalue weighted by Crippen LogP contribution is -2.24. The molecule has 4 heteroatoms. The van der Waals surface area contributed by atoms with Crippen molar-refractivity contribution >= 4 is 15.9 Å². The highest BCUT2D eigenvalue weighted by Crippen LogP contribution is 2.35. The van der Waals surface area contributed by atoms with E-state index >= 15 is 0 Å². The average Bonchev–Trinajstić information content (AvgIpc) is 2.58. The smallest absolute Gasteiger partial charge is 0.152 e. The van der Waals surface area contributed by atoms with Crippen molar-refractivity contribution in [1.29, 1.82) is 0 Å². The van der Waals surface area contributed by atoms with Gasteiger partial charge in [-0.1, -0.05) is 12.1 Å². The number of hydrogen-bond donors (Lipinski definition) is 1. The molecule has 1 aliphatic heterocycles. The molecule has 1 saturated heterocycles. The van der Waals surface area contributed by atoms with Crippen LogP contribution >= 0.6 is 15.9 Å². The summed E-state index contributed by atoms with van der Waals surface area (Å²) in [5, 5.41) is 2.90. The molecular formula is C10H10BrF2N. The zero-order chi connectivity index (χ0) is 10.2. The van der Waals surface area contributed by atoms with E-state index in [0.29, 0.717) is 17.4 Å². The van der Waals surface area contributed by atoms with Crippen molar-refractivity contribution in [3.63, 3.8) is 0 Å². The third kappa shape index (κ3) is 1.57. The van der Waals surface area contributed by atoms with Gasteiger partial charge in [-0.15, -0.1) is 0 Å². The second-order valence-corrected chi connectivity index (χ2v) is 4.35. The molecule has 0 amide bonds. The van der Waals surface area contributed by atoms with Crippen molar-refractivity contribution in [3.8, 4) is 0 Å². The zero-order valence-corrected chi connectivity index (χ0v) is 9.07. The summed E-state index contributed by atoms with van der Waals surface area (Å²) in [4.78, 5) is 0. The Hall–Kier alpha value is -0.480. The van der Waals surface area contributed by atoms with E-state index in [0.717, 1.165) is 0 Å². The summed E-state index contributed by atoms with van der Waals surface area (Å²) in [7, 11) is 0. The second kappa shape index (κ2) is 3.59. The maximum Gasteiger partial charge on any atom is 0.152 e. The fourth-order valence-electron chi connectivity index (χ4n) is 1.74. The van der Waals surface area contributed by atoms with E-state index < -0.39 is 11.5 Å². The van der Waals surface area contributed by atoms with Crippen molar-refractivity contribution in [1.82, 2.24) is 5.32 Å². The van der Waals surface area contributed by atoms with Crippen LogP contribution in [0.3, 0.4) is 0 Å². The molecule has 0 aliphatic carbocycles. The van der Waals surface area contributed by atoms with Gasteiger partial charge in [0, 0.05) is 12.1 Å². The van der Waals surface area contributed by atoms with Gasteiger partial charge in [0.2, 0.25) is 0 Å². The molecule has 76 valence electrons. The van der Waals surface area contributed by atoms with Gasteiger partial charge in [-0.3, -0.25) is 0 Å². The molecule has 0 spiro atoms. The molecule has 0 bridgehead atoms. The van der Waals surface area contributed by atoms with Crippen LogP contribution in [0.2, 0.25) is 0 Å². The summed E-state index contributed by atoms with van der Waals surface area (Å²) in [5.74, 6) is -0.487. The standard InChI is InChI=1S/C10H10BrF2N/c11-8-3-1-2-7(9(8)12)10(13)4-5-14-6-10/h1-3,14H,4-6H2. The predicted molar refractivity (Wildman–Crippen MR) is 54.4 cm³/mol. The van der Waals surface area contributed by atoms with Crippen LogP contribution in [0.4, 0.5) is 8.78 Å². The Kier molecular flexibility index (Phi) is 2.58. The quantitative estimate of drug-likeness (QED) is 0.820. The third-order valence-electron chi connectivity index (χ3n) is 2.54. The van der Waals surface area contributed by atoms with Crippen LogP contribution < -0.4 is 5.32 Å². The lowest BCUT2D eigenvalue weighted by molar-refractivity contribution is 0.186. The van der Waals surface area contributed by atoms with E-state index in [1.807, 2.05) is 0 Å². The summed E-state index contributed by atoms with van der Waals surface area (Å²) in [6.07, 6.45) is 0.334. The highest BCUT2D eigenvalue weighted by Gasteiger charge is 2.38. The SMILES string of the molecule is Fc1c(Br)cccc1C1(F)CCNC1. The first-order valence-electron chi connectivity index (χ1n) is 4.48. The molecule has 1 nitrogen and oxygen atoms in total. The highest BCUT2D eigenvalue weighted by molar-refractivity contribution is 9.10. The zero-order valence-electron chi connectivity index (χ0n) is 7.49. The first kappa shape index (κ1) is 10.1. The first-order valence-corrected chi connectivity index (χ1v) is 5.27. The first-order chi connectivity index (χ1) is 6.63. The van der Waals surface area contributed by atoms with E-state index in [-0.39, 0.29) is 12.1 Å². The normalized spacial score (nSPS) is 26.8. The number of benzene rings is 1. The van der Waals surface area contributed by atoms with Crippen LogP contribution in [0.25, 0.3) is 0 Å². The third-order valence-corrected chi connectivity index (χ3v) is 3.15. The van der Waals surface area contributed by atoms with Crippen molar-refractivity contribution in [2.75, 3.05) is 13.1 Å². The van der Waals surface area contributed by atoms with Crippen LogP contribution in [-0.4, -0.2) is 13.1 Å². The Bertz CT molecular complexity index is 348. The number of halogens is 3. The molecule has 1 aliphatic rings. The molecule has 1 fully saturated rings. The molecule has 14 heavy (non-hydrogen) atoms. The summed E-state index contributed by atoms with van der Waals surface area (Å²) >= 11 is 3.06. The maximum atomic E-state index is 14.2. The molecule has 1 unspecified atom stereocenters. The molecule has 1 N–H and O–H groups in total. The van der Waals surface area contributed by atoms with Crippen molar-refractivity contribution < 1.29 is 8.78 Å². The Morgan fingerprint density at radius 3 is 2.86 bits per heavy atom. The number of nitrogens with one attached hydrogen (secondary N) is 1. The van der Waals surface area contributed by atoms with Gasteiger partial charge in [0.1, 0.15) is 5.82 Å². The van der Waals surface area contributed by atoms with E-state index in [9.17, 15) is 8.78 Å². The molecule has 1 aromatic carbocycles. The summed E-state index contributed by atoms with van der Waals surface area (Å²) in [6, 6.07) is 4.74. The molecule has 0 aromatic heterocycles. The molecule has 1 atom stereocenters. The van der Waals surface area contributed by atoms with Crippen molar-refractivity contribution in [2.24, 2.45) is 0 Å². The molecular weight excluding hydrogens is 252 g/mol. The second-order valence-electron chi connectivity index (χ2n) is 3.49. The monoisotopic (exact) mass is 261 g/mol. The minimum absolute atomic E-state index is 0.150. The molecule has 2 rings (SSSR count). The maximum absolute atomic E-state index is 14.2. The minimum atomic E-state index is -1.55. The van der Waals surface area contributed by atoms with E-state index in [2.05, 4.69) is 21.2 Å². The van der Waals surface area contributed by atoms with E-state index in [4.69, 9.17) is 0 Å². The Balaban J connectivity index is 2.45. The molecule has 0 saturated carbocycles. The fourth-order valence-corrected chi connectivity index (χ4v) is 2.11. The highest BCUT2D eigenvalue weighted by atomic mass is 79.9. The minimum Gasteiger partial charge on any atom is -0.313 e. The Morgan fingerprint density at radius 2 is 2.21 bits per heavy atom. The fraction of sp³-hybridized carbons (Fsp3) is 0.400. The summed E-state index contributed by atoms with van der Waals surface area (Å²) < 4.78 is 28.1. The van der Waals surface area contributed by atoms with Crippen LogP contribution in [0, 0.1) is 5.82 Å². The summed E-state index contributed by atoms with van der Waals surface area (Å²) in [5.41, 5.74) is -1.40. The van der Waals surface area contributed by atoms with Crippen LogP contribution in [0.1, 0.15) is 12.0 Å². The average molecular weight is 262 g/mol. The van der Waals surface area contributed by atoms with Gasteiger partial charge in [0.25, 0.3) is 0 Å². The lowest BCUT2D eigenvalue weighted by Gasteiger charge is -2.19. The lowest BCUT2D eigenvalue weighted by atomic mass is 9.94. The molecule has 0 radical (unpaired) electrons. The molecule has 1 heterocycles. The van der Waals surface area contributed by atoms with Gasteiger partial charge in [-0.2, -0.15) is 0 Å². The van der Waals surface area contributed by atoms with Gasteiger partial charge in [0.05, 0.1) is 4.47 Å². The van der Waals surface area contributed by atoms with Gasteiger partial charge in [0.15, 0.2) is 5.67 Å². The Labute approximate surface area is 89.6 Å². The Morgan fingerprint density at radius 1 is 1.43 bits per heavy atom. The van der Waals surface area contributed by atoms with E-state index in [1.54, 1.807) is 12.1 Å². The van der Waals surface area contributed by atoms with Crippen molar-refractivity contribution in [2.45, 2.75) is 12.1 Å². The van der Waals surface area contributed by atoms with Gasteiger partial charge >= 0.3 is 0 Å². The van der Waals surface area contributed by atoms with Crippen LogP contribution in [0.15, 0.2) is 22.7 Å². The van der Waals surface area contributed by atoms with E-state index in [1.165, 1.54) is 6.07 Å². The topological polar surface area (TPSA) is 12.0 Å². The van der Waals surface area contributed by atoms with Gasteiger partial charge in [-0.05, 0) is 35.0 Å². The van der Waals surface area contributed by atoms with Crippen molar-refractivity contribution in [3.05, 3.63) is 34.1 Å². The van der Waals surface area contributed by atoms with Crippen LogP contribution in [-0.2, 0) is 5.67 Å². The predicted octanol–water partition coefficient (Wildman–Crippen LogP) is 2.75. The van der Waals surface area contributed by atoms with Gasteiger partial charge in [-0.25, -0.2) is 8.78 Å². The number of hydrogen-bond acceptors (Lipinski definition) is 1. The summed E-state index contributed by atoms with van der Waals surface area (Å²) in [6.45, 7) is 0.794. The number of rotatable bonds is 1. The van der Waals surface area contributed by atoms with Gasteiger partial charge < -0.3 is 5.32 Å². The number of alkyl halides is 1. The molecule has 1 aromatic rings.